The van der Waals surface area contributed by atoms with Crippen LogP contribution < -0.4 is 9.80 Å². The van der Waals surface area contributed by atoms with Gasteiger partial charge in [0, 0.05) is 70.9 Å². The van der Waals surface area contributed by atoms with Crippen molar-refractivity contribution in [2.24, 2.45) is 0 Å². The molecule has 0 bridgehead atoms. The minimum absolute atomic E-state index is 0.398. The van der Waals surface area contributed by atoms with Crippen molar-refractivity contribution in [3.05, 3.63) is 52.9 Å². The lowest BCUT2D eigenvalue weighted by Gasteiger charge is -2.36. The van der Waals surface area contributed by atoms with Gasteiger partial charge < -0.3 is 14.5 Å². The number of sulfonamides is 1. The summed E-state index contributed by atoms with van der Waals surface area (Å²) in [4.78, 5) is 6.87. The van der Waals surface area contributed by atoms with Crippen molar-refractivity contribution in [2.45, 2.75) is 25.9 Å². The quantitative estimate of drug-likeness (QED) is 0.559. The molecule has 5 rings (SSSR count). The van der Waals surface area contributed by atoms with Crippen molar-refractivity contribution >= 4 is 27.7 Å². The number of anilines is 2. The average molecular weight is 513 g/mol. The Balaban J connectivity index is 1.10. The molecule has 1 aromatic heterocycles. The largest absolute Gasteiger partial charge is 0.377 e. The highest BCUT2D eigenvalue weighted by atomic mass is 32.2. The molecule has 1 unspecified atom stereocenters. The predicted octanol–water partition coefficient (Wildman–Crippen LogP) is 2.21. The summed E-state index contributed by atoms with van der Waals surface area (Å²) >= 11 is 0. The number of aromatic nitrogens is 2. The molecule has 3 aliphatic rings. The number of hydrogen-bond donors (Lipinski definition) is 0. The third kappa shape index (κ3) is 6.23. The van der Waals surface area contributed by atoms with E-state index in [1.165, 1.54) is 22.6 Å². The molecule has 1 aromatic carbocycles. The maximum atomic E-state index is 12.8. The molecule has 0 saturated carbocycles. The van der Waals surface area contributed by atoms with Gasteiger partial charge in [0.15, 0.2) is 11.6 Å². The molecule has 0 spiro atoms. The zero-order valence-corrected chi connectivity index (χ0v) is 21.8. The van der Waals surface area contributed by atoms with E-state index in [1.807, 2.05) is 43.3 Å². The first kappa shape index (κ1) is 25.1. The Hall–Kier alpha value is -2.53. The zero-order valence-electron chi connectivity index (χ0n) is 21.0. The van der Waals surface area contributed by atoms with Crippen LogP contribution in [0.2, 0.25) is 0 Å². The predicted molar refractivity (Wildman–Crippen MR) is 143 cm³/mol. The van der Waals surface area contributed by atoms with Gasteiger partial charge in [-0.25, -0.2) is 8.42 Å². The zero-order chi connectivity index (χ0) is 25.0. The molecule has 3 saturated heterocycles. The van der Waals surface area contributed by atoms with Crippen LogP contribution in [0.5, 0.6) is 0 Å². The number of piperazine rings is 2. The van der Waals surface area contributed by atoms with Crippen LogP contribution in [-0.2, 0) is 14.8 Å². The number of nitrogens with zero attached hydrogens (tertiary/aromatic N) is 6. The van der Waals surface area contributed by atoms with Gasteiger partial charge in [0.1, 0.15) is 0 Å². The molecular weight excluding hydrogens is 476 g/mol. The molecule has 2 aromatic rings. The molecule has 36 heavy (non-hydrogen) atoms. The van der Waals surface area contributed by atoms with E-state index in [9.17, 15) is 8.42 Å². The van der Waals surface area contributed by atoms with Crippen LogP contribution in [0.3, 0.4) is 0 Å². The summed E-state index contributed by atoms with van der Waals surface area (Å²) in [5.41, 5.74) is 2.03. The second-order valence-corrected chi connectivity index (χ2v) is 11.6. The lowest BCUT2D eigenvalue weighted by molar-refractivity contribution is 0.0712. The highest BCUT2D eigenvalue weighted by Gasteiger charge is 2.27. The topological polar surface area (TPSA) is 82.1 Å². The highest BCUT2D eigenvalue weighted by molar-refractivity contribution is 7.92. The van der Waals surface area contributed by atoms with Crippen molar-refractivity contribution in [3.8, 4) is 0 Å². The van der Waals surface area contributed by atoms with Crippen LogP contribution in [-0.4, -0.2) is 99.4 Å². The van der Waals surface area contributed by atoms with Crippen LogP contribution >= 0.6 is 0 Å². The fourth-order valence-corrected chi connectivity index (χ4v) is 6.16. The van der Waals surface area contributed by atoms with E-state index in [2.05, 4.69) is 24.9 Å². The summed E-state index contributed by atoms with van der Waals surface area (Å²) in [6, 6.07) is 11.8. The maximum Gasteiger partial charge on any atom is 0.236 e. The van der Waals surface area contributed by atoms with Crippen LogP contribution in [0.4, 0.5) is 11.6 Å². The van der Waals surface area contributed by atoms with E-state index in [0.717, 1.165) is 62.1 Å². The highest BCUT2D eigenvalue weighted by Crippen LogP contribution is 2.20. The standard InChI is InChI=1S/C26H36N6O3S/c1-22-4-6-23(7-5-22)10-20-36(33,34)32-17-15-31(16-18-32)26-9-8-25(27-28-26)30-13-11-29(12-14-30)21-24-3-2-19-35-24/h4-10,20,24H,2-3,11-19,21H2,1H3/b20-10+. The van der Waals surface area contributed by atoms with Gasteiger partial charge in [0.25, 0.3) is 0 Å². The van der Waals surface area contributed by atoms with Gasteiger partial charge in [-0.2, -0.15) is 4.31 Å². The number of hydrogen-bond acceptors (Lipinski definition) is 8. The number of aryl methyl sites for hydroxylation is 1. The van der Waals surface area contributed by atoms with Gasteiger partial charge in [-0.15, -0.1) is 10.2 Å². The van der Waals surface area contributed by atoms with Crippen molar-refractivity contribution in [2.75, 3.05) is 75.3 Å². The fourth-order valence-electron chi connectivity index (χ4n) is 4.99. The fraction of sp³-hybridized carbons (Fsp3) is 0.538. The molecule has 10 heteroatoms. The minimum Gasteiger partial charge on any atom is -0.377 e. The first-order valence-corrected chi connectivity index (χ1v) is 14.4. The molecule has 3 fully saturated rings. The van der Waals surface area contributed by atoms with Gasteiger partial charge in [-0.3, -0.25) is 4.90 Å². The summed E-state index contributed by atoms with van der Waals surface area (Å²) in [7, 11) is -3.46. The lowest BCUT2D eigenvalue weighted by Crippen LogP contribution is -2.49. The van der Waals surface area contributed by atoms with Crippen LogP contribution in [0.25, 0.3) is 6.08 Å². The second kappa shape index (κ2) is 11.2. The van der Waals surface area contributed by atoms with Crippen molar-refractivity contribution in [1.29, 1.82) is 0 Å². The van der Waals surface area contributed by atoms with E-state index in [-0.39, 0.29) is 0 Å². The van der Waals surface area contributed by atoms with Gasteiger partial charge in [0.2, 0.25) is 10.0 Å². The van der Waals surface area contributed by atoms with Crippen LogP contribution in [0, 0.1) is 6.92 Å². The maximum absolute atomic E-state index is 12.8. The van der Waals surface area contributed by atoms with E-state index in [1.54, 1.807) is 6.08 Å². The Bertz CT molecular complexity index is 1120. The molecule has 9 nitrogen and oxygen atoms in total. The third-order valence-corrected chi connectivity index (χ3v) is 8.82. The molecular formula is C26H36N6O3S. The minimum atomic E-state index is -3.46. The number of ether oxygens (including phenoxy) is 1. The lowest BCUT2D eigenvalue weighted by atomic mass is 10.2. The molecule has 0 aliphatic carbocycles. The first-order chi connectivity index (χ1) is 17.5. The summed E-state index contributed by atoms with van der Waals surface area (Å²) in [6.45, 7) is 9.88. The Morgan fingerprint density at radius 2 is 1.50 bits per heavy atom. The second-order valence-electron chi connectivity index (χ2n) is 9.82. The normalized spacial score (nSPS) is 22.5. The van der Waals surface area contributed by atoms with Gasteiger partial charge in [-0.1, -0.05) is 29.8 Å². The Morgan fingerprint density at radius 3 is 2.06 bits per heavy atom. The summed E-state index contributed by atoms with van der Waals surface area (Å²) in [5.74, 6) is 1.70. The Kier molecular flexibility index (Phi) is 7.85. The summed E-state index contributed by atoms with van der Waals surface area (Å²) in [6.07, 6.45) is 4.42. The average Bonchev–Trinajstić information content (AvgIpc) is 3.42. The van der Waals surface area contributed by atoms with Crippen LogP contribution in [0.1, 0.15) is 24.0 Å². The monoisotopic (exact) mass is 512 g/mol. The smallest absolute Gasteiger partial charge is 0.236 e. The molecule has 4 heterocycles. The molecule has 194 valence electrons. The van der Waals surface area contributed by atoms with E-state index < -0.39 is 10.0 Å². The Labute approximate surface area is 214 Å². The van der Waals surface area contributed by atoms with Crippen molar-refractivity contribution in [1.82, 2.24) is 19.4 Å². The van der Waals surface area contributed by atoms with Crippen molar-refractivity contribution in [3.63, 3.8) is 0 Å². The molecule has 0 radical (unpaired) electrons. The molecule has 1 atom stereocenters. The van der Waals surface area contributed by atoms with E-state index >= 15 is 0 Å². The van der Waals surface area contributed by atoms with Gasteiger partial charge in [0.05, 0.1) is 6.10 Å². The third-order valence-electron chi connectivity index (χ3n) is 7.25. The summed E-state index contributed by atoms with van der Waals surface area (Å²) in [5, 5.41) is 10.3. The number of rotatable bonds is 7. The SMILES string of the molecule is Cc1ccc(/C=C/S(=O)(=O)N2CCN(c3ccc(N4CCN(CC5CCCO5)CC4)nn3)CC2)cc1. The summed E-state index contributed by atoms with van der Waals surface area (Å²) < 4.78 is 32.9. The first-order valence-electron chi connectivity index (χ1n) is 12.9. The van der Waals surface area contributed by atoms with Crippen LogP contribution in [0.15, 0.2) is 41.8 Å². The van der Waals surface area contributed by atoms with Gasteiger partial charge in [-0.05, 0) is 43.5 Å². The Morgan fingerprint density at radius 1 is 0.889 bits per heavy atom. The number of benzene rings is 1. The molecule has 3 aliphatic heterocycles. The molecule has 0 N–H and O–H groups in total. The van der Waals surface area contributed by atoms with Gasteiger partial charge >= 0.3 is 0 Å². The molecule has 0 amide bonds. The van der Waals surface area contributed by atoms with E-state index in [0.29, 0.717) is 32.3 Å². The van der Waals surface area contributed by atoms with E-state index in [4.69, 9.17) is 4.74 Å². The van der Waals surface area contributed by atoms with Crippen molar-refractivity contribution < 1.29 is 13.2 Å².